The Hall–Kier alpha value is -2.09. The number of anilines is 1. The smallest absolute Gasteiger partial charge is 0.333 e. The first kappa shape index (κ1) is 13.9. The second-order valence-corrected chi connectivity index (χ2v) is 5.57. The summed E-state index contributed by atoms with van der Waals surface area (Å²) in [6.45, 7) is 0. The summed E-state index contributed by atoms with van der Waals surface area (Å²) in [7, 11) is 1.21. The van der Waals surface area contributed by atoms with Crippen molar-refractivity contribution in [2.75, 3.05) is 12.0 Å². The number of hydrogen-bond donors (Lipinski definition) is 0. The number of halogens is 1. The van der Waals surface area contributed by atoms with E-state index < -0.39 is 35.8 Å². The fraction of sp³-hybridized carbons (Fsp3) is 0.308. The molecular formula is C13H10BrN3O4. The molecule has 0 radical (unpaired) electrons. The van der Waals surface area contributed by atoms with E-state index in [1.54, 1.807) is 24.3 Å². The zero-order valence-electron chi connectivity index (χ0n) is 10.9. The van der Waals surface area contributed by atoms with Crippen LogP contribution in [0.25, 0.3) is 0 Å². The number of imide groups is 1. The van der Waals surface area contributed by atoms with Crippen LogP contribution in [0.5, 0.6) is 0 Å². The van der Waals surface area contributed by atoms with E-state index in [0.717, 1.165) is 9.37 Å². The van der Waals surface area contributed by atoms with Crippen molar-refractivity contribution in [1.29, 1.82) is 0 Å². The van der Waals surface area contributed by atoms with Crippen LogP contribution in [0.3, 0.4) is 0 Å². The largest absolute Gasteiger partial charge is 0.467 e. The Morgan fingerprint density at radius 3 is 2.48 bits per heavy atom. The van der Waals surface area contributed by atoms with Crippen molar-refractivity contribution in [3.8, 4) is 0 Å². The van der Waals surface area contributed by atoms with Gasteiger partial charge in [0.05, 0.1) is 12.8 Å². The predicted molar refractivity (Wildman–Crippen MR) is 74.6 cm³/mol. The molecule has 3 atom stereocenters. The van der Waals surface area contributed by atoms with Crippen molar-refractivity contribution in [1.82, 2.24) is 0 Å². The average molecular weight is 352 g/mol. The number of hydrogen-bond acceptors (Lipinski definition) is 6. The molecule has 0 N–H and O–H groups in total. The molecule has 1 fully saturated rings. The highest BCUT2D eigenvalue weighted by Crippen LogP contribution is 2.36. The molecule has 0 bridgehead atoms. The number of azo groups is 1. The second kappa shape index (κ2) is 5.03. The predicted octanol–water partition coefficient (Wildman–Crippen LogP) is 1.31. The van der Waals surface area contributed by atoms with Crippen LogP contribution in [0.4, 0.5) is 5.69 Å². The standard InChI is InChI=1S/C13H10BrN3O4/c1-21-13(20)10-8-9(15-16-10)12(19)17(11(8)18)7-4-2-6(14)3-5-7/h2-5,8-10H,1H3. The summed E-state index contributed by atoms with van der Waals surface area (Å²) in [5.74, 6) is -2.52. The lowest BCUT2D eigenvalue weighted by Crippen LogP contribution is -2.36. The van der Waals surface area contributed by atoms with Gasteiger partial charge in [0.1, 0.15) is 5.92 Å². The van der Waals surface area contributed by atoms with Gasteiger partial charge < -0.3 is 4.74 Å². The Bertz CT molecular complexity index is 658. The number of esters is 1. The maximum absolute atomic E-state index is 12.5. The van der Waals surface area contributed by atoms with Gasteiger partial charge in [-0.1, -0.05) is 15.9 Å². The summed E-state index contributed by atoms with van der Waals surface area (Å²) in [5.41, 5.74) is 0.446. The van der Waals surface area contributed by atoms with Gasteiger partial charge in [0.25, 0.3) is 5.91 Å². The van der Waals surface area contributed by atoms with Gasteiger partial charge in [0, 0.05) is 4.47 Å². The number of amides is 2. The molecule has 0 saturated carbocycles. The van der Waals surface area contributed by atoms with Gasteiger partial charge in [0.15, 0.2) is 12.1 Å². The minimum Gasteiger partial charge on any atom is -0.467 e. The lowest BCUT2D eigenvalue weighted by Gasteiger charge is -2.16. The third-order valence-electron chi connectivity index (χ3n) is 3.50. The first-order chi connectivity index (χ1) is 10.0. The Balaban J connectivity index is 1.95. The van der Waals surface area contributed by atoms with E-state index in [2.05, 4.69) is 30.9 Å². The van der Waals surface area contributed by atoms with Crippen LogP contribution in [0.1, 0.15) is 0 Å². The molecule has 2 heterocycles. The van der Waals surface area contributed by atoms with Crippen molar-refractivity contribution < 1.29 is 19.1 Å². The zero-order chi connectivity index (χ0) is 15.1. The van der Waals surface area contributed by atoms with Crippen LogP contribution in [0.15, 0.2) is 39.0 Å². The molecule has 1 aromatic rings. The van der Waals surface area contributed by atoms with Crippen molar-refractivity contribution in [3.05, 3.63) is 28.7 Å². The summed E-state index contributed by atoms with van der Waals surface area (Å²) < 4.78 is 5.43. The van der Waals surface area contributed by atoms with E-state index in [1.165, 1.54) is 7.11 Å². The molecule has 8 heteroatoms. The lowest BCUT2D eigenvalue weighted by molar-refractivity contribution is -0.144. The topological polar surface area (TPSA) is 88.4 Å². The molecule has 7 nitrogen and oxygen atoms in total. The molecule has 3 unspecified atom stereocenters. The molecule has 2 aliphatic rings. The maximum atomic E-state index is 12.5. The van der Waals surface area contributed by atoms with Crippen LogP contribution >= 0.6 is 15.9 Å². The highest BCUT2D eigenvalue weighted by Gasteiger charge is 2.57. The molecule has 21 heavy (non-hydrogen) atoms. The Morgan fingerprint density at radius 2 is 1.86 bits per heavy atom. The lowest BCUT2D eigenvalue weighted by atomic mass is 9.96. The first-order valence-corrected chi connectivity index (χ1v) is 6.95. The van der Waals surface area contributed by atoms with E-state index in [0.29, 0.717) is 5.69 Å². The van der Waals surface area contributed by atoms with Crippen LogP contribution in [-0.4, -0.2) is 37.0 Å². The number of nitrogens with zero attached hydrogens (tertiary/aromatic N) is 3. The van der Waals surface area contributed by atoms with Crippen molar-refractivity contribution in [2.45, 2.75) is 12.1 Å². The van der Waals surface area contributed by atoms with Gasteiger partial charge in [-0.25, -0.2) is 9.69 Å². The number of benzene rings is 1. The van der Waals surface area contributed by atoms with Gasteiger partial charge in [-0.3, -0.25) is 9.59 Å². The third kappa shape index (κ3) is 2.06. The van der Waals surface area contributed by atoms with Crippen LogP contribution < -0.4 is 4.90 Å². The molecule has 1 saturated heterocycles. The SMILES string of the molecule is COC(=O)C1N=NC2C(=O)N(c3ccc(Br)cc3)C(=O)C12. The number of carbonyl (C=O) groups excluding carboxylic acids is 3. The minimum absolute atomic E-state index is 0.446. The van der Waals surface area contributed by atoms with Gasteiger partial charge in [-0.05, 0) is 24.3 Å². The normalized spacial score (nSPS) is 27.1. The summed E-state index contributed by atoms with van der Waals surface area (Å²) in [6, 6.07) is 4.76. The molecule has 0 aliphatic carbocycles. The molecule has 1 aromatic carbocycles. The second-order valence-electron chi connectivity index (χ2n) is 4.66. The molecule has 2 amide bonds. The van der Waals surface area contributed by atoms with E-state index in [-0.39, 0.29) is 0 Å². The quantitative estimate of drug-likeness (QED) is 0.593. The summed E-state index contributed by atoms with van der Waals surface area (Å²) in [5, 5.41) is 7.48. The highest BCUT2D eigenvalue weighted by atomic mass is 79.9. The van der Waals surface area contributed by atoms with E-state index in [1.807, 2.05) is 0 Å². The van der Waals surface area contributed by atoms with Gasteiger partial charge >= 0.3 is 5.97 Å². The molecule has 3 rings (SSSR count). The number of rotatable bonds is 2. The van der Waals surface area contributed by atoms with E-state index in [4.69, 9.17) is 0 Å². The summed E-state index contributed by atoms with van der Waals surface area (Å²) in [4.78, 5) is 37.5. The molecule has 2 aliphatic heterocycles. The van der Waals surface area contributed by atoms with Crippen LogP contribution in [0, 0.1) is 5.92 Å². The number of methoxy groups -OCH3 is 1. The average Bonchev–Trinajstić information content (AvgIpc) is 3.01. The highest BCUT2D eigenvalue weighted by molar-refractivity contribution is 9.10. The third-order valence-corrected chi connectivity index (χ3v) is 4.03. The fourth-order valence-electron chi connectivity index (χ4n) is 2.48. The molecule has 108 valence electrons. The fourth-order valence-corrected chi connectivity index (χ4v) is 2.75. The molecule has 0 spiro atoms. The van der Waals surface area contributed by atoms with Crippen LogP contribution in [0.2, 0.25) is 0 Å². The Labute approximate surface area is 128 Å². The number of fused-ring (bicyclic) bond motifs is 1. The summed E-state index contributed by atoms with van der Waals surface area (Å²) >= 11 is 3.29. The summed E-state index contributed by atoms with van der Waals surface area (Å²) in [6.07, 6.45) is 0. The number of carbonyl (C=O) groups is 3. The van der Waals surface area contributed by atoms with Crippen molar-refractivity contribution in [2.24, 2.45) is 16.1 Å². The maximum Gasteiger partial charge on any atom is 0.333 e. The van der Waals surface area contributed by atoms with Gasteiger partial charge in [-0.2, -0.15) is 10.2 Å². The van der Waals surface area contributed by atoms with Crippen LogP contribution in [-0.2, 0) is 19.1 Å². The number of ether oxygens (including phenoxy) is 1. The van der Waals surface area contributed by atoms with E-state index in [9.17, 15) is 14.4 Å². The van der Waals surface area contributed by atoms with Gasteiger partial charge in [0.2, 0.25) is 5.91 Å². The zero-order valence-corrected chi connectivity index (χ0v) is 12.5. The monoisotopic (exact) mass is 351 g/mol. The van der Waals surface area contributed by atoms with Crippen molar-refractivity contribution >= 4 is 39.4 Å². The first-order valence-electron chi connectivity index (χ1n) is 6.16. The minimum atomic E-state index is -1.04. The Kier molecular flexibility index (Phi) is 3.32. The van der Waals surface area contributed by atoms with Crippen molar-refractivity contribution in [3.63, 3.8) is 0 Å². The van der Waals surface area contributed by atoms with E-state index >= 15 is 0 Å². The van der Waals surface area contributed by atoms with Gasteiger partial charge in [-0.15, -0.1) is 0 Å². The molecule has 0 aromatic heterocycles. The Morgan fingerprint density at radius 1 is 1.19 bits per heavy atom. The molecular weight excluding hydrogens is 342 g/mol.